The van der Waals surface area contributed by atoms with E-state index in [1.165, 1.54) is 0 Å². The second-order valence-corrected chi connectivity index (χ2v) is 11.3. The van der Waals surface area contributed by atoms with Gasteiger partial charge in [0.2, 0.25) is 0 Å². The second-order valence-electron chi connectivity index (χ2n) is 11.3. The summed E-state index contributed by atoms with van der Waals surface area (Å²) in [6.45, 7) is 6.63. The lowest BCUT2D eigenvalue weighted by Gasteiger charge is -2.61. The monoisotopic (exact) mass is 405 g/mol. The van der Waals surface area contributed by atoms with Crippen LogP contribution in [0, 0.1) is 46.3 Å². The number of Topliss-reactive ketones (excluding diaryl/α,β-unsaturated/α-hetero) is 1. The number of ketones is 1. The molecule has 4 rings (SSSR count). The number of fused-ring (bicyclic) bond motifs is 5. The molecule has 0 heterocycles. The molecule has 0 aromatic rings. The van der Waals surface area contributed by atoms with Gasteiger partial charge in [0.15, 0.2) is 0 Å². The molecule has 0 saturated heterocycles. The van der Waals surface area contributed by atoms with E-state index in [-0.39, 0.29) is 53.6 Å². The van der Waals surface area contributed by atoms with Gasteiger partial charge >= 0.3 is 5.97 Å². The minimum Gasteiger partial charge on any atom is -0.481 e. The van der Waals surface area contributed by atoms with Gasteiger partial charge in [-0.15, -0.1) is 0 Å². The van der Waals surface area contributed by atoms with Crippen LogP contribution in [0.5, 0.6) is 0 Å². The van der Waals surface area contributed by atoms with E-state index >= 15 is 0 Å². The van der Waals surface area contributed by atoms with Crippen molar-refractivity contribution in [3.05, 3.63) is 0 Å². The fourth-order valence-electron chi connectivity index (χ4n) is 8.47. The molecule has 4 saturated carbocycles. The van der Waals surface area contributed by atoms with Gasteiger partial charge in [-0.05, 0) is 85.9 Å². The molecule has 10 atom stereocenters. The zero-order valence-corrected chi connectivity index (χ0v) is 18.3. The van der Waals surface area contributed by atoms with Crippen molar-refractivity contribution in [2.45, 2.75) is 90.7 Å². The Hall–Kier alpha value is -0.940. The number of carbonyl (C=O) groups excluding carboxylic acids is 1. The predicted molar refractivity (Wildman–Crippen MR) is 111 cm³/mol. The molecule has 4 unspecified atom stereocenters. The molecule has 4 N–H and O–H groups in total. The van der Waals surface area contributed by atoms with Crippen LogP contribution in [-0.4, -0.2) is 34.1 Å². The smallest absolute Gasteiger partial charge is 0.303 e. The number of nitrogens with two attached hydrogens (primary N) is 1. The molecule has 4 fully saturated rings. The number of aliphatic hydroxyl groups excluding tert-OH is 1. The van der Waals surface area contributed by atoms with Crippen molar-refractivity contribution < 1.29 is 19.8 Å². The molecule has 164 valence electrons. The maximum atomic E-state index is 13.7. The van der Waals surface area contributed by atoms with Crippen molar-refractivity contribution in [1.82, 2.24) is 0 Å². The molecule has 29 heavy (non-hydrogen) atoms. The van der Waals surface area contributed by atoms with E-state index in [9.17, 15) is 14.7 Å². The van der Waals surface area contributed by atoms with Crippen LogP contribution < -0.4 is 5.73 Å². The van der Waals surface area contributed by atoms with Crippen LogP contribution in [0.3, 0.4) is 0 Å². The number of hydrogen-bond acceptors (Lipinski definition) is 4. The molecule has 5 heteroatoms. The first-order valence-electron chi connectivity index (χ1n) is 11.8. The number of carboxylic acids is 1. The minimum atomic E-state index is -0.760. The van der Waals surface area contributed by atoms with E-state index < -0.39 is 11.4 Å². The van der Waals surface area contributed by atoms with Gasteiger partial charge in [-0.25, -0.2) is 0 Å². The first kappa shape index (κ1) is 21.3. The molecule has 4 aliphatic carbocycles. The van der Waals surface area contributed by atoms with Crippen molar-refractivity contribution in [3.8, 4) is 0 Å². The maximum Gasteiger partial charge on any atom is 0.303 e. The van der Waals surface area contributed by atoms with Crippen molar-refractivity contribution in [1.29, 1.82) is 0 Å². The number of aliphatic hydroxyl groups is 1. The molecule has 0 amide bonds. The summed E-state index contributed by atoms with van der Waals surface area (Å²) in [7, 11) is 0. The number of hydrogen-bond donors (Lipinski definition) is 3. The fraction of sp³-hybridized carbons (Fsp3) is 0.917. The Kier molecular flexibility index (Phi) is 5.39. The average molecular weight is 406 g/mol. The first-order valence-corrected chi connectivity index (χ1v) is 11.8. The van der Waals surface area contributed by atoms with Gasteiger partial charge in [-0.1, -0.05) is 20.8 Å². The SMILES string of the molecule is C[C@H](CCC(=O)O)C1CCC2C3C(CC(=O)[C@@]21C)[C@@]1(C)CC[C@H](N)C[C@H]1C[C@H]3O. The third kappa shape index (κ3) is 3.18. The highest BCUT2D eigenvalue weighted by Crippen LogP contribution is 2.67. The van der Waals surface area contributed by atoms with Crippen molar-refractivity contribution in [2.75, 3.05) is 0 Å². The van der Waals surface area contributed by atoms with Crippen LogP contribution in [0.1, 0.15) is 78.6 Å². The Morgan fingerprint density at radius 1 is 1.21 bits per heavy atom. The third-order valence-electron chi connectivity index (χ3n) is 10.2. The van der Waals surface area contributed by atoms with E-state index in [0.717, 1.165) is 38.5 Å². The Morgan fingerprint density at radius 3 is 2.62 bits per heavy atom. The summed E-state index contributed by atoms with van der Waals surface area (Å²) in [5, 5.41) is 20.4. The van der Waals surface area contributed by atoms with Crippen LogP contribution >= 0.6 is 0 Å². The van der Waals surface area contributed by atoms with Gasteiger partial charge in [-0.3, -0.25) is 9.59 Å². The molecule has 0 spiro atoms. The third-order valence-corrected chi connectivity index (χ3v) is 10.2. The zero-order chi connectivity index (χ0) is 21.1. The van der Waals surface area contributed by atoms with E-state index in [1.807, 2.05) is 0 Å². The fourth-order valence-corrected chi connectivity index (χ4v) is 8.47. The van der Waals surface area contributed by atoms with Gasteiger partial charge in [0, 0.05) is 24.3 Å². The van der Waals surface area contributed by atoms with Crippen LogP contribution in [-0.2, 0) is 9.59 Å². The molecule has 4 aliphatic rings. The van der Waals surface area contributed by atoms with Crippen LogP contribution in [0.2, 0.25) is 0 Å². The van der Waals surface area contributed by atoms with Gasteiger partial charge in [-0.2, -0.15) is 0 Å². The zero-order valence-electron chi connectivity index (χ0n) is 18.3. The number of carbonyl (C=O) groups is 2. The summed E-state index contributed by atoms with van der Waals surface area (Å²) in [4.78, 5) is 24.7. The molecular formula is C24H39NO4. The second kappa shape index (κ2) is 7.33. The molecule has 0 aromatic heterocycles. The van der Waals surface area contributed by atoms with Crippen molar-refractivity contribution >= 4 is 11.8 Å². The topological polar surface area (TPSA) is 101 Å². The summed E-state index contributed by atoms with van der Waals surface area (Å²) < 4.78 is 0. The van der Waals surface area contributed by atoms with Crippen molar-refractivity contribution in [2.24, 2.45) is 52.1 Å². The van der Waals surface area contributed by atoms with Gasteiger partial charge in [0.1, 0.15) is 5.78 Å². The molecule has 0 radical (unpaired) electrons. The number of aliphatic carboxylic acids is 1. The number of rotatable bonds is 4. The highest BCUT2D eigenvalue weighted by Gasteiger charge is 2.65. The lowest BCUT2D eigenvalue weighted by atomic mass is 9.43. The van der Waals surface area contributed by atoms with E-state index in [1.54, 1.807) is 0 Å². The molecule has 0 aliphatic heterocycles. The lowest BCUT2D eigenvalue weighted by Crippen LogP contribution is -2.61. The number of carboxylic acid groups (broad SMARTS) is 1. The van der Waals surface area contributed by atoms with Crippen LogP contribution in [0.4, 0.5) is 0 Å². The van der Waals surface area contributed by atoms with Crippen molar-refractivity contribution in [3.63, 3.8) is 0 Å². The molecular weight excluding hydrogens is 366 g/mol. The average Bonchev–Trinajstić information content (AvgIpc) is 3.01. The van der Waals surface area contributed by atoms with Crippen LogP contribution in [0.15, 0.2) is 0 Å². The van der Waals surface area contributed by atoms with Gasteiger partial charge in [0.05, 0.1) is 6.10 Å². The highest BCUT2D eigenvalue weighted by atomic mass is 16.4. The standard InChI is InChI=1S/C24H39NO4/c1-13(4-7-21(28)29)16-5-6-17-22-18(12-20(27)24(16,17)3)23(2)9-8-15(25)10-14(23)11-19(22)26/h13-19,22,26H,4-12,25H2,1-3H3,(H,28,29)/t13-,14+,15+,16?,17?,18?,19-,22?,23+,24-/m1/s1. The predicted octanol–water partition coefficient (Wildman–Crippen LogP) is 3.62. The Bertz CT molecular complexity index is 680. The van der Waals surface area contributed by atoms with Gasteiger partial charge in [0.25, 0.3) is 0 Å². The Labute approximate surface area is 174 Å². The summed E-state index contributed by atoms with van der Waals surface area (Å²) in [6.07, 6.45) is 6.91. The molecule has 0 bridgehead atoms. The quantitative estimate of drug-likeness (QED) is 0.663. The summed E-state index contributed by atoms with van der Waals surface area (Å²) in [5.74, 6) is 1.19. The maximum absolute atomic E-state index is 13.7. The van der Waals surface area contributed by atoms with E-state index in [4.69, 9.17) is 10.8 Å². The molecule has 0 aromatic carbocycles. The largest absolute Gasteiger partial charge is 0.481 e. The molecule has 5 nitrogen and oxygen atoms in total. The Morgan fingerprint density at radius 2 is 1.93 bits per heavy atom. The summed E-state index contributed by atoms with van der Waals surface area (Å²) >= 11 is 0. The van der Waals surface area contributed by atoms with Gasteiger partial charge < -0.3 is 15.9 Å². The first-order chi connectivity index (χ1) is 13.6. The minimum absolute atomic E-state index is 0.115. The summed E-state index contributed by atoms with van der Waals surface area (Å²) in [5.41, 5.74) is 5.97. The normalized spacial score (nSPS) is 50.4. The lowest BCUT2D eigenvalue weighted by molar-refractivity contribution is -0.177. The highest BCUT2D eigenvalue weighted by molar-refractivity contribution is 5.87. The van der Waals surface area contributed by atoms with Crippen LogP contribution in [0.25, 0.3) is 0 Å². The van der Waals surface area contributed by atoms with E-state index in [0.29, 0.717) is 24.5 Å². The van der Waals surface area contributed by atoms with E-state index in [2.05, 4.69) is 20.8 Å². The summed E-state index contributed by atoms with van der Waals surface area (Å²) in [6, 6.07) is 0.229. The Balaban J connectivity index is 1.62.